The van der Waals surface area contributed by atoms with E-state index in [0.29, 0.717) is 11.9 Å². The van der Waals surface area contributed by atoms with Gasteiger partial charge in [0.15, 0.2) is 5.82 Å². The summed E-state index contributed by atoms with van der Waals surface area (Å²) in [5, 5.41) is 7.35. The summed E-state index contributed by atoms with van der Waals surface area (Å²) >= 11 is 0. The highest BCUT2D eigenvalue weighted by Crippen LogP contribution is 2.03. The smallest absolute Gasteiger partial charge is 0.228 e. The normalized spacial score (nSPS) is 12.9. The molecule has 0 aromatic carbocycles. The molecule has 17 heavy (non-hydrogen) atoms. The van der Waals surface area contributed by atoms with Gasteiger partial charge in [-0.2, -0.15) is 4.98 Å². The van der Waals surface area contributed by atoms with Gasteiger partial charge in [-0.15, -0.1) is 0 Å². The van der Waals surface area contributed by atoms with E-state index in [4.69, 9.17) is 9.26 Å². The molecule has 1 atom stereocenters. The zero-order chi connectivity index (χ0) is 12.5. The maximum atomic E-state index is 5.20. The highest BCUT2D eigenvalue weighted by Gasteiger charge is 2.09. The molecular formula is C12H23N3O2. The number of ether oxygens (including phenoxy) is 1. The molecule has 0 fully saturated rings. The minimum absolute atomic E-state index is 0.377. The quantitative estimate of drug-likeness (QED) is 0.665. The maximum Gasteiger partial charge on any atom is 0.228 e. The summed E-state index contributed by atoms with van der Waals surface area (Å²) in [4.78, 5) is 4.36. The molecule has 0 bridgehead atoms. The van der Waals surface area contributed by atoms with Gasteiger partial charge in [0.1, 0.15) is 0 Å². The second kappa shape index (κ2) is 8.20. The van der Waals surface area contributed by atoms with Crippen molar-refractivity contribution >= 4 is 0 Å². The predicted octanol–water partition coefficient (Wildman–Crippen LogP) is 1.58. The molecule has 0 amide bonds. The first-order valence-electron chi connectivity index (χ1n) is 6.30. The second-order valence-electron chi connectivity index (χ2n) is 4.26. The fourth-order valence-electron chi connectivity index (χ4n) is 1.57. The molecule has 1 N–H and O–H groups in total. The van der Waals surface area contributed by atoms with Crippen LogP contribution in [-0.2, 0) is 17.6 Å². The summed E-state index contributed by atoms with van der Waals surface area (Å²) in [7, 11) is 1.70. The van der Waals surface area contributed by atoms with Crippen molar-refractivity contribution in [3.63, 3.8) is 0 Å². The van der Waals surface area contributed by atoms with E-state index in [1.54, 1.807) is 7.11 Å². The standard InChI is InChI=1S/C12H23N3O2/c1-4-7-13-10(2)9-12-14-11(15-17-12)6-5-8-16-3/h10,13H,4-9H2,1-3H3. The van der Waals surface area contributed by atoms with E-state index >= 15 is 0 Å². The van der Waals surface area contributed by atoms with Crippen LogP contribution in [0.15, 0.2) is 4.52 Å². The molecule has 5 heteroatoms. The number of rotatable bonds is 9. The third-order valence-electron chi connectivity index (χ3n) is 2.48. The van der Waals surface area contributed by atoms with E-state index in [0.717, 1.165) is 44.7 Å². The molecule has 1 aromatic rings. The first kappa shape index (κ1) is 14.1. The van der Waals surface area contributed by atoms with E-state index in [9.17, 15) is 0 Å². The van der Waals surface area contributed by atoms with E-state index in [1.807, 2.05) is 0 Å². The van der Waals surface area contributed by atoms with Crippen LogP contribution < -0.4 is 5.32 Å². The van der Waals surface area contributed by atoms with Crippen LogP contribution in [0.3, 0.4) is 0 Å². The van der Waals surface area contributed by atoms with E-state index in [2.05, 4.69) is 29.3 Å². The lowest BCUT2D eigenvalue weighted by Gasteiger charge is -2.09. The monoisotopic (exact) mass is 241 g/mol. The highest BCUT2D eigenvalue weighted by atomic mass is 16.5. The first-order chi connectivity index (χ1) is 8.26. The van der Waals surface area contributed by atoms with E-state index in [1.165, 1.54) is 0 Å². The van der Waals surface area contributed by atoms with Crippen LogP contribution in [0, 0.1) is 0 Å². The van der Waals surface area contributed by atoms with Crippen molar-refractivity contribution < 1.29 is 9.26 Å². The number of aryl methyl sites for hydroxylation is 1. The van der Waals surface area contributed by atoms with Crippen LogP contribution in [0.25, 0.3) is 0 Å². The number of nitrogens with zero attached hydrogens (tertiary/aromatic N) is 2. The Balaban J connectivity index is 2.29. The van der Waals surface area contributed by atoms with Gasteiger partial charge in [-0.25, -0.2) is 0 Å². The number of methoxy groups -OCH3 is 1. The van der Waals surface area contributed by atoms with Gasteiger partial charge in [0, 0.05) is 32.6 Å². The molecule has 1 rings (SSSR count). The Morgan fingerprint density at radius 3 is 3.00 bits per heavy atom. The molecule has 0 aliphatic rings. The largest absolute Gasteiger partial charge is 0.385 e. The topological polar surface area (TPSA) is 60.2 Å². The molecule has 1 heterocycles. The van der Waals surface area contributed by atoms with Crippen LogP contribution in [0.5, 0.6) is 0 Å². The summed E-state index contributed by atoms with van der Waals surface area (Å²) in [6.45, 7) is 6.04. The van der Waals surface area contributed by atoms with Crippen LogP contribution >= 0.6 is 0 Å². The molecule has 0 spiro atoms. The van der Waals surface area contributed by atoms with E-state index in [-0.39, 0.29) is 0 Å². The molecular weight excluding hydrogens is 218 g/mol. The molecule has 0 saturated heterocycles. The van der Waals surface area contributed by atoms with Gasteiger partial charge in [0.05, 0.1) is 0 Å². The minimum Gasteiger partial charge on any atom is -0.385 e. The SMILES string of the molecule is CCCNC(C)Cc1nc(CCCOC)no1. The van der Waals surface area contributed by atoms with Crippen LogP contribution in [0.1, 0.15) is 38.4 Å². The van der Waals surface area contributed by atoms with Crippen molar-refractivity contribution in [3.05, 3.63) is 11.7 Å². The lowest BCUT2D eigenvalue weighted by atomic mass is 10.2. The Hall–Kier alpha value is -0.940. The zero-order valence-electron chi connectivity index (χ0n) is 11.0. The third kappa shape index (κ3) is 5.79. The van der Waals surface area contributed by atoms with Gasteiger partial charge < -0.3 is 14.6 Å². The van der Waals surface area contributed by atoms with E-state index < -0.39 is 0 Å². The number of hydrogen-bond donors (Lipinski definition) is 1. The number of aromatic nitrogens is 2. The molecule has 5 nitrogen and oxygen atoms in total. The fraction of sp³-hybridized carbons (Fsp3) is 0.833. The van der Waals surface area contributed by atoms with Crippen molar-refractivity contribution in [2.45, 2.75) is 45.6 Å². The van der Waals surface area contributed by atoms with Crippen LogP contribution in [0.4, 0.5) is 0 Å². The maximum absolute atomic E-state index is 5.20. The molecule has 0 aliphatic heterocycles. The van der Waals surface area contributed by atoms with Gasteiger partial charge >= 0.3 is 0 Å². The third-order valence-corrected chi connectivity index (χ3v) is 2.48. The Morgan fingerprint density at radius 1 is 1.47 bits per heavy atom. The van der Waals surface area contributed by atoms with Gasteiger partial charge in [0.25, 0.3) is 0 Å². The van der Waals surface area contributed by atoms with Crippen molar-refractivity contribution in [1.82, 2.24) is 15.5 Å². The lowest BCUT2D eigenvalue weighted by molar-refractivity contribution is 0.194. The molecule has 0 radical (unpaired) electrons. The average Bonchev–Trinajstić information content (AvgIpc) is 2.74. The Morgan fingerprint density at radius 2 is 2.29 bits per heavy atom. The van der Waals surface area contributed by atoms with Crippen LogP contribution in [0.2, 0.25) is 0 Å². The number of hydrogen-bond acceptors (Lipinski definition) is 5. The van der Waals surface area contributed by atoms with Gasteiger partial charge in [-0.05, 0) is 26.3 Å². The van der Waals surface area contributed by atoms with Crippen molar-refractivity contribution in [1.29, 1.82) is 0 Å². The predicted molar refractivity (Wildman–Crippen MR) is 66.0 cm³/mol. The van der Waals surface area contributed by atoms with Crippen molar-refractivity contribution in [3.8, 4) is 0 Å². The Labute approximate surface area is 103 Å². The van der Waals surface area contributed by atoms with Gasteiger partial charge in [-0.3, -0.25) is 0 Å². The first-order valence-corrected chi connectivity index (χ1v) is 6.30. The van der Waals surface area contributed by atoms with Crippen molar-refractivity contribution in [2.24, 2.45) is 0 Å². The Bertz CT molecular complexity index is 302. The number of nitrogens with one attached hydrogen (secondary N) is 1. The van der Waals surface area contributed by atoms with Crippen molar-refractivity contribution in [2.75, 3.05) is 20.3 Å². The molecule has 0 saturated carbocycles. The molecule has 1 aromatic heterocycles. The molecule has 1 unspecified atom stereocenters. The lowest BCUT2D eigenvalue weighted by Crippen LogP contribution is -2.28. The Kier molecular flexibility index (Phi) is 6.81. The van der Waals surface area contributed by atoms with Gasteiger partial charge in [0.2, 0.25) is 5.89 Å². The molecule has 0 aliphatic carbocycles. The van der Waals surface area contributed by atoms with Gasteiger partial charge in [-0.1, -0.05) is 12.1 Å². The summed E-state index contributed by atoms with van der Waals surface area (Å²) in [5.74, 6) is 1.49. The fourth-order valence-corrected chi connectivity index (χ4v) is 1.57. The summed E-state index contributed by atoms with van der Waals surface area (Å²) in [5.41, 5.74) is 0. The molecule has 98 valence electrons. The summed E-state index contributed by atoms with van der Waals surface area (Å²) in [6, 6.07) is 0.377. The zero-order valence-corrected chi connectivity index (χ0v) is 11.0. The second-order valence-corrected chi connectivity index (χ2v) is 4.26. The van der Waals surface area contributed by atoms with Crippen LogP contribution in [-0.4, -0.2) is 36.4 Å². The highest BCUT2D eigenvalue weighted by molar-refractivity contribution is 4.89. The minimum atomic E-state index is 0.377. The summed E-state index contributed by atoms with van der Waals surface area (Å²) in [6.07, 6.45) is 3.67. The average molecular weight is 241 g/mol. The summed E-state index contributed by atoms with van der Waals surface area (Å²) < 4.78 is 10.2.